The van der Waals surface area contributed by atoms with Gasteiger partial charge in [0.15, 0.2) is 11.5 Å². The summed E-state index contributed by atoms with van der Waals surface area (Å²) in [7, 11) is 3.18. The van der Waals surface area contributed by atoms with Crippen LogP contribution in [0.2, 0.25) is 0 Å². The normalized spacial score (nSPS) is 19.3. The summed E-state index contributed by atoms with van der Waals surface area (Å²) in [4.78, 5) is 12.3. The number of rotatable bonds is 4. The second-order valence-corrected chi connectivity index (χ2v) is 5.90. The van der Waals surface area contributed by atoms with Crippen LogP contribution in [0.25, 0.3) is 0 Å². The lowest BCUT2D eigenvalue weighted by atomic mass is 9.85. The Bertz CT molecular complexity index is 730. The molecule has 0 saturated carbocycles. The van der Waals surface area contributed by atoms with E-state index in [1.54, 1.807) is 26.4 Å². The van der Waals surface area contributed by atoms with Crippen molar-refractivity contribution in [2.24, 2.45) is 0 Å². The van der Waals surface area contributed by atoms with Crippen molar-refractivity contribution in [3.8, 4) is 11.5 Å². The largest absolute Gasteiger partial charge is 0.493 e. The number of aliphatic hydroxyl groups is 1. The van der Waals surface area contributed by atoms with E-state index in [1.165, 1.54) is 0 Å². The third-order valence-electron chi connectivity index (χ3n) is 4.39. The minimum absolute atomic E-state index is 0.177. The second kappa shape index (κ2) is 6.93. The van der Waals surface area contributed by atoms with Gasteiger partial charge in [0.05, 0.1) is 26.4 Å². The maximum absolute atomic E-state index is 12.3. The topological polar surface area (TPSA) is 67.8 Å². The molecule has 3 rings (SSSR count). The van der Waals surface area contributed by atoms with E-state index in [9.17, 15) is 9.90 Å². The lowest BCUT2D eigenvalue weighted by molar-refractivity contribution is 0.0814. The smallest absolute Gasteiger partial charge is 0.251 e. The molecule has 0 unspecified atom stereocenters. The van der Waals surface area contributed by atoms with Crippen LogP contribution in [0.4, 0.5) is 0 Å². The van der Waals surface area contributed by atoms with E-state index >= 15 is 0 Å². The van der Waals surface area contributed by atoms with Crippen molar-refractivity contribution < 1.29 is 19.4 Å². The zero-order chi connectivity index (χ0) is 17.1. The summed E-state index contributed by atoms with van der Waals surface area (Å²) >= 11 is 0. The molecule has 2 aromatic rings. The van der Waals surface area contributed by atoms with Crippen LogP contribution >= 0.6 is 0 Å². The highest BCUT2D eigenvalue weighted by atomic mass is 16.5. The third kappa shape index (κ3) is 3.21. The predicted molar refractivity (Wildman–Crippen MR) is 90.7 cm³/mol. The molecule has 2 atom stereocenters. The molecular weight excluding hydrogens is 306 g/mol. The first-order valence-electron chi connectivity index (χ1n) is 7.90. The first-order chi connectivity index (χ1) is 11.6. The highest BCUT2D eigenvalue weighted by Crippen LogP contribution is 2.34. The van der Waals surface area contributed by atoms with Crippen LogP contribution in [0.1, 0.15) is 21.5 Å². The fourth-order valence-corrected chi connectivity index (χ4v) is 3.07. The lowest BCUT2D eigenvalue weighted by Crippen LogP contribution is -2.48. The molecule has 0 aliphatic heterocycles. The zero-order valence-electron chi connectivity index (χ0n) is 13.8. The molecule has 0 heterocycles. The summed E-state index contributed by atoms with van der Waals surface area (Å²) in [6.45, 7) is 0. The molecule has 0 radical (unpaired) electrons. The van der Waals surface area contributed by atoms with Gasteiger partial charge in [0.1, 0.15) is 0 Å². The third-order valence-corrected chi connectivity index (χ3v) is 4.39. The first kappa shape index (κ1) is 16.3. The van der Waals surface area contributed by atoms with Crippen molar-refractivity contribution >= 4 is 5.91 Å². The van der Waals surface area contributed by atoms with Crippen LogP contribution in [-0.2, 0) is 12.8 Å². The van der Waals surface area contributed by atoms with Gasteiger partial charge in [-0.25, -0.2) is 0 Å². The summed E-state index contributed by atoms with van der Waals surface area (Å²) in [5.74, 6) is 1.12. The number of amides is 1. The molecule has 1 aliphatic carbocycles. The highest BCUT2D eigenvalue weighted by molar-refractivity contribution is 5.94. The predicted octanol–water partition coefficient (Wildman–Crippen LogP) is 1.96. The monoisotopic (exact) mass is 327 g/mol. The Morgan fingerprint density at radius 2 is 1.62 bits per heavy atom. The van der Waals surface area contributed by atoms with E-state index in [2.05, 4.69) is 5.32 Å². The molecule has 2 aromatic carbocycles. The van der Waals surface area contributed by atoms with Crippen LogP contribution in [0.5, 0.6) is 11.5 Å². The average molecular weight is 327 g/mol. The Balaban J connectivity index is 1.80. The van der Waals surface area contributed by atoms with Gasteiger partial charge in [-0.3, -0.25) is 4.79 Å². The Labute approximate surface area is 141 Å². The summed E-state index contributed by atoms with van der Waals surface area (Å²) in [6, 6.07) is 12.5. The standard InChI is InChI=1S/C19H21NO4/c1-23-17-10-13-8-15(16(21)9-14(13)11-18(17)24-2)20-19(22)12-6-4-3-5-7-12/h3-7,10-11,15-16,21H,8-9H2,1-2H3,(H,20,22)/t15-,16-/m0/s1. The molecule has 1 amide bonds. The summed E-state index contributed by atoms with van der Waals surface area (Å²) in [6.07, 6.45) is 0.383. The maximum atomic E-state index is 12.3. The summed E-state index contributed by atoms with van der Waals surface area (Å²) in [5.41, 5.74) is 2.66. The van der Waals surface area contributed by atoms with E-state index in [1.807, 2.05) is 30.3 Å². The van der Waals surface area contributed by atoms with E-state index in [4.69, 9.17) is 9.47 Å². The molecule has 0 aromatic heterocycles. The van der Waals surface area contributed by atoms with Crippen molar-refractivity contribution in [3.63, 3.8) is 0 Å². The van der Waals surface area contributed by atoms with Gasteiger partial charge in [-0.05, 0) is 41.8 Å². The molecule has 0 saturated heterocycles. The molecule has 1 aliphatic rings. The van der Waals surface area contributed by atoms with Crippen LogP contribution < -0.4 is 14.8 Å². The van der Waals surface area contributed by atoms with Crippen LogP contribution in [0.3, 0.4) is 0 Å². The van der Waals surface area contributed by atoms with Crippen molar-refractivity contribution in [2.75, 3.05) is 14.2 Å². The molecule has 126 valence electrons. The van der Waals surface area contributed by atoms with E-state index in [0.717, 1.165) is 11.1 Å². The van der Waals surface area contributed by atoms with Crippen molar-refractivity contribution in [3.05, 3.63) is 59.2 Å². The van der Waals surface area contributed by atoms with Gasteiger partial charge in [-0.15, -0.1) is 0 Å². The summed E-state index contributed by atoms with van der Waals surface area (Å²) < 4.78 is 10.7. The number of methoxy groups -OCH3 is 2. The Kier molecular flexibility index (Phi) is 4.71. The van der Waals surface area contributed by atoms with Gasteiger partial charge in [0, 0.05) is 12.0 Å². The number of hydrogen-bond acceptors (Lipinski definition) is 4. The average Bonchev–Trinajstić information content (AvgIpc) is 2.62. The van der Waals surface area contributed by atoms with Crippen molar-refractivity contribution in [1.29, 1.82) is 0 Å². The molecule has 0 bridgehead atoms. The number of nitrogens with one attached hydrogen (secondary N) is 1. The van der Waals surface area contributed by atoms with Gasteiger partial charge < -0.3 is 19.9 Å². The van der Waals surface area contributed by atoms with Gasteiger partial charge in [-0.1, -0.05) is 18.2 Å². The van der Waals surface area contributed by atoms with Crippen LogP contribution in [-0.4, -0.2) is 37.4 Å². The number of carbonyl (C=O) groups excluding carboxylic acids is 1. The second-order valence-electron chi connectivity index (χ2n) is 5.90. The van der Waals surface area contributed by atoms with Gasteiger partial charge in [0.25, 0.3) is 5.91 Å². The fourth-order valence-electron chi connectivity index (χ4n) is 3.07. The van der Waals surface area contributed by atoms with Gasteiger partial charge >= 0.3 is 0 Å². The van der Waals surface area contributed by atoms with E-state index in [0.29, 0.717) is 29.9 Å². The highest BCUT2D eigenvalue weighted by Gasteiger charge is 2.29. The van der Waals surface area contributed by atoms with Crippen LogP contribution in [0, 0.1) is 0 Å². The zero-order valence-corrected chi connectivity index (χ0v) is 13.8. The Morgan fingerprint density at radius 1 is 1.04 bits per heavy atom. The first-order valence-corrected chi connectivity index (χ1v) is 7.90. The van der Waals surface area contributed by atoms with Crippen LogP contribution in [0.15, 0.2) is 42.5 Å². The van der Waals surface area contributed by atoms with E-state index < -0.39 is 6.10 Å². The maximum Gasteiger partial charge on any atom is 0.251 e. The quantitative estimate of drug-likeness (QED) is 0.901. The Morgan fingerprint density at radius 3 is 2.21 bits per heavy atom. The molecular formula is C19H21NO4. The SMILES string of the molecule is COc1cc2c(cc1OC)C[C@H](O)[C@@H](NC(=O)c1ccccc1)C2. The fraction of sp³-hybridized carbons (Fsp3) is 0.316. The lowest BCUT2D eigenvalue weighted by Gasteiger charge is -2.31. The Hall–Kier alpha value is -2.53. The number of carbonyl (C=O) groups is 1. The van der Waals surface area contributed by atoms with Gasteiger partial charge in [-0.2, -0.15) is 0 Å². The molecule has 24 heavy (non-hydrogen) atoms. The number of aliphatic hydroxyl groups excluding tert-OH is 1. The molecule has 0 fully saturated rings. The molecule has 5 heteroatoms. The minimum atomic E-state index is -0.636. The number of benzene rings is 2. The van der Waals surface area contributed by atoms with Crippen molar-refractivity contribution in [2.45, 2.75) is 25.0 Å². The van der Waals surface area contributed by atoms with Crippen molar-refractivity contribution in [1.82, 2.24) is 5.32 Å². The molecule has 0 spiro atoms. The van der Waals surface area contributed by atoms with Gasteiger partial charge in [0.2, 0.25) is 0 Å². The summed E-state index contributed by atoms with van der Waals surface area (Å²) in [5, 5.41) is 13.3. The minimum Gasteiger partial charge on any atom is -0.493 e. The molecule has 2 N–H and O–H groups in total. The number of fused-ring (bicyclic) bond motifs is 1. The number of ether oxygens (including phenoxy) is 2. The van der Waals surface area contributed by atoms with E-state index in [-0.39, 0.29) is 11.9 Å². The molecule has 5 nitrogen and oxygen atoms in total. The number of hydrogen-bond donors (Lipinski definition) is 2.